The van der Waals surface area contributed by atoms with Crippen LogP contribution in [0.25, 0.3) is 0 Å². The molecule has 1 saturated heterocycles. The Kier molecular flexibility index (Phi) is 5.11. The molecule has 0 bridgehead atoms. The molecule has 1 fully saturated rings. The van der Waals surface area contributed by atoms with Gasteiger partial charge in [-0.15, -0.1) is 0 Å². The zero-order valence-corrected chi connectivity index (χ0v) is 14.0. The van der Waals surface area contributed by atoms with Crippen LogP contribution in [0.2, 0.25) is 0 Å². The molecule has 5 heteroatoms. The van der Waals surface area contributed by atoms with Crippen LogP contribution >= 0.6 is 0 Å². The van der Waals surface area contributed by atoms with Crippen LogP contribution in [0.5, 0.6) is 5.75 Å². The lowest BCUT2D eigenvalue weighted by atomic mass is 9.95. The standard InChI is InChI=1S/C19H22N2O3/c1-13-9-15(3-4-18(13)23-2)19(22)21-17-12-24-11-16(17)10-14-5-7-20-8-6-14/h3-9,16-17H,10-12H2,1-2H3,(H,21,22)/t16-,17-/m1/s1. The molecule has 0 saturated carbocycles. The van der Waals surface area contributed by atoms with Crippen molar-refractivity contribution in [3.05, 3.63) is 59.4 Å². The highest BCUT2D eigenvalue weighted by Crippen LogP contribution is 2.21. The van der Waals surface area contributed by atoms with Crippen molar-refractivity contribution in [2.24, 2.45) is 5.92 Å². The summed E-state index contributed by atoms with van der Waals surface area (Å²) in [5.74, 6) is 0.984. The van der Waals surface area contributed by atoms with Crippen molar-refractivity contribution >= 4 is 5.91 Å². The fraction of sp³-hybridized carbons (Fsp3) is 0.368. The Morgan fingerprint density at radius 2 is 2.08 bits per heavy atom. The van der Waals surface area contributed by atoms with Crippen molar-refractivity contribution in [1.29, 1.82) is 0 Å². The molecule has 126 valence electrons. The van der Waals surface area contributed by atoms with E-state index in [1.807, 2.05) is 31.2 Å². The molecule has 0 unspecified atom stereocenters. The van der Waals surface area contributed by atoms with E-state index in [1.54, 1.807) is 25.6 Å². The van der Waals surface area contributed by atoms with Crippen molar-refractivity contribution in [2.75, 3.05) is 20.3 Å². The Labute approximate surface area is 142 Å². The molecule has 1 aromatic carbocycles. The summed E-state index contributed by atoms with van der Waals surface area (Å²) >= 11 is 0. The second kappa shape index (κ2) is 7.45. The monoisotopic (exact) mass is 326 g/mol. The molecule has 2 heterocycles. The molecule has 1 aliphatic heterocycles. The second-order valence-electron chi connectivity index (χ2n) is 6.12. The predicted octanol–water partition coefficient (Wildman–Crippen LogP) is 2.39. The predicted molar refractivity (Wildman–Crippen MR) is 91.2 cm³/mol. The van der Waals surface area contributed by atoms with Crippen LogP contribution in [-0.4, -0.2) is 37.3 Å². The number of ether oxygens (including phenoxy) is 2. The van der Waals surface area contributed by atoms with Crippen LogP contribution in [0, 0.1) is 12.8 Å². The van der Waals surface area contributed by atoms with Gasteiger partial charge in [-0.1, -0.05) is 0 Å². The summed E-state index contributed by atoms with van der Waals surface area (Å²) in [7, 11) is 1.63. The molecule has 24 heavy (non-hydrogen) atoms. The third-order valence-electron chi connectivity index (χ3n) is 4.42. The van der Waals surface area contributed by atoms with E-state index in [0.29, 0.717) is 18.8 Å². The Morgan fingerprint density at radius 1 is 1.29 bits per heavy atom. The number of rotatable bonds is 5. The van der Waals surface area contributed by atoms with Crippen LogP contribution in [0.1, 0.15) is 21.5 Å². The van der Waals surface area contributed by atoms with Gasteiger partial charge in [-0.25, -0.2) is 0 Å². The molecule has 0 aliphatic carbocycles. The summed E-state index contributed by atoms with van der Waals surface area (Å²) in [5.41, 5.74) is 2.80. The molecule has 3 rings (SSSR count). The largest absolute Gasteiger partial charge is 0.496 e. The molecule has 2 atom stereocenters. The molecule has 2 aromatic rings. The van der Waals surface area contributed by atoms with Gasteiger partial charge in [0.25, 0.3) is 5.91 Å². The first-order valence-electron chi connectivity index (χ1n) is 8.09. The summed E-state index contributed by atoms with van der Waals surface area (Å²) in [6.07, 6.45) is 4.45. The van der Waals surface area contributed by atoms with Crippen molar-refractivity contribution in [3.8, 4) is 5.75 Å². The molecule has 5 nitrogen and oxygen atoms in total. The van der Waals surface area contributed by atoms with Gasteiger partial charge >= 0.3 is 0 Å². The van der Waals surface area contributed by atoms with Crippen LogP contribution < -0.4 is 10.1 Å². The number of pyridine rings is 1. The topological polar surface area (TPSA) is 60.5 Å². The van der Waals surface area contributed by atoms with Gasteiger partial charge in [-0.2, -0.15) is 0 Å². The summed E-state index contributed by atoms with van der Waals surface area (Å²) in [4.78, 5) is 16.6. The summed E-state index contributed by atoms with van der Waals surface area (Å²) < 4.78 is 10.8. The molecule has 1 aromatic heterocycles. The number of carbonyl (C=O) groups excluding carboxylic acids is 1. The van der Waals surface area contributed by atoms with Crippen LogP contribution in [-0.2, 0) is 11.2 Å². The minimum atomic E-state index is -0.0732. The second-order valence-corrected chi connectivity index (χ2v) is 6.12. The maximum Gasteiger partial charge on any atom is 0.251 e. The van der Waals surface area contributed by atoms with E-state index in [4.69, 9.17) is 9.47 Å². The molecular weight excluding hydrogens is 304 g/mol. The van der Waals surface area contributed by atoms with Gasteiger partial charge in [0.05, 0.1) is 26.4 Å². The van der Waals surface area contributed by atoms with Crippen molar-refractivity contribution in [3.63, 3.8) is 0 Å². The third kappa shape index (κ3) is 3.74. The highest BCUT2D eigenvalue weighted by atomic mass is 16.5. The third-order valence-corrected chi connectivity index (χ3v) is 4.42. The van der Waals surface area contributed by atoms with Gasteiger partial charge in [0.2, 0.25) is 0 Å². The average molecular weight is 326 g/mol. The van der Waals surface area contributed by atoms with Gasteiger partial charge in [0, 0.05) is 23.9 Å². The number of nitrogens with zero attached hydrogens (tertiary/aromatic N) is 1. The number of nitrogens with one attached hydrogen (secondary N) is 1. The number of hydrogen-bond acceptors (Lipinski definition) is 4. The average Bonchev–Trinajstić information content (AvgIpc) is 3.02. The minimum absolute atomic E-state index is 0.0214. The highest BCUT2D eigenvalue weighted by Gasteiger charge is 2.30. The summed E-state index contributed by atoms with van der Waals surface area (Å²) in [6, 6.07) is 9.49. The van der Waals surface area contributed by atoms with Gasteiger partial charge in [-0.3, -0.25) is 9.78 Å². The zero-order chi connectivity index (χ0) is 16.9. The maximum absolute atomic E-state index is 12.5. The first kappa shape index (κ1) is 16.5. The number of methoxy groups -OCH3 is 1. The van der Waals surface area contributed by atoms with Crippen molar-refractivity contribution in [2.45, 2.75) is 19.4 Å². The van der Waals surface area contributed by atoms with E-state index in [-0.39, 0.29) is 17.9 Å². The molecule has 0 spiro atoms. The van der Waals surface area contributed by atoms with Crippen molar-refractivity contribution in [1.82, 2.24) is 10.3 Å². The number of amides is 1. The fourth-order valence-electron chi connectivity index (χ4n) is 3.05. The minimum Gasteiger partial charge on any atom is -0.496 e. The summed E-state index contributed by atoms with van der Waals surface area (Å²) in [5, 5.41) is 3.11. The van der Waals surface area contributed by atoms with Crippen LogP contribution in [0.4, 0.5) is 0 Å². The Morgan fingerprint density at radius 3 is 2.79 bits per heavy atom. The first-order valence-corrected chi connectivity index (χ1v) is 8.09. The molecule has 1 aliphatic rings. The van der Waals surface area contributed by atoms with Gasteiger partial charge in [0.1, 0.15) is 5.75 Å². The van der Waals surface area contributed by atoms with E-state index < -0.39 is 0 Å². The van der Waals surface area contributed by atoms with Gasteiger partial charge in [0.15, 0.2) is 0 Å². The van der Waals surface area contributed by atoms with Gasteiger partial charge < -0.3 is 14.8 Å². The maximum atomic E-state index is 12.5. The Bertz CT molecular complexity index is 703. The summed E-state index contributed by atoms with van der Waals surface area (Å²) in [6.45, 7) is 3.14. The van der Waals surface area contributed by atoms with Crippen molar-refractivity contribution < 1.29 is 14.3 Å². The number of carbonyl (C=O) groups is 1. The van der Waals surface area contributed by atoms with Crippen LogP contribution in [0.3, 0.4) is 0 Å². The lowest BCUT2D eigenvalue weighted by molar-refractivity contribution is 0.0925. The number of benzene rings is 1. The molecule has 1 amide bonds. The quantitative estimate of drug-likeness (QED) is 0.916. The SMILES string of the molecule is COc1ccc(C(=O)N[C@@H]2COC[C@H]2Cc2ccncc2)cc1C. The van der Waals surface area contributed by atoms with Gasteiger partial charge in [-0.05, 0) is 54.8 Å². The van der Waals surface area contributed by atoms with E-state index in [1.165, 1.54) is 5.56 Å². The van der Waals surface area contributed by atoms with E-state index in [9.17, 15) is 4.79 Å². The molecule has 1 N–H and O–H groups in total. The Balaban J connectivity index is 1.65. The lowest BCUT2D eigenvalue weighted by Gasteiger charge is -2.19. The fourth-order valence-corrected chi connectivity index (χ4v) is 3.05. The number of aromatic nitrogens is 1. The first-order chi connectivity index (χ1) is 11.7. The smallest absolute Gasteiger partial charge is 0.251 e. The Hall–Kier alpha value is -2.40. The van der Waals surface area contributed by atoms with Crippen LogP contribution in [0.15, 0.2) is 42.7 Å². The molecule has 0 radical (unpaired) electrons. The van der Waals surface area contributed by atoms with E-state index in [2.05, 4.69) is 10.3 Å². The zero-order valence-electron chi connectivity index (χ0n) is 14.0. The number of hydrogen-bond donors (Lipinski definition) is 1. The van der Waals surface area contributed by atoms with E-state index >= 15 is 0 Å². The lowest BCUT2D eigenvalue weighted by Crippen LogP contribution is -2.40. The number of aryl methyl sites for hydroxylation is 1. The highest BCUT2D eigenvalue weighted by molar-refractivity contribution is 5.94. The normalized spacial score (nSPS) is 19.9. The molecular formula is C19H22N2O3. The van der Waals surface area contributed by atoms with E-state index in [0.717, 1.165) is 17.7 Å².